The van der Waals surface area contributed by atoms with Crippen LogP contribution < -0.4 is 5.56 Å². The Morgan fingerprint density at radius 3 is 2.88 bits per heavy atom. The summed E-state index contributed by atoms with van der Waals surface area (Å²) in [5.41, 5.74) is 1.27. The zero-order valence-electron chi connectivity index (χ0n) is 12.6. The molecule has 0 fully saturated rings. The Hall–Kier alpha value is -2.32. The van der Waals surface area contributed by atoms with E-state index in [9.17, 15) is 9.59 Å². The molecule has 0 unspecified atom stereocenters. The molecule has 0 atom stereocenters. The number of esters is 1. The number of hydrogen-bond donors (Lipinski definition) is 0. The molecule has 0 aliphatic heterocycles. The van der Waals surface area contributed by atoms with Crippen LogP contribution in [0.3, 0.4) is 0 Å². The second-order valence-corrected chi connectivity index (χ2v) is 6.87. The lowest BCUT2D eigenvalue weighted by molar-refractivity contribution is -0.138. The van der Waals surface area contributed by atoms with Crippen LogP contribution in [-0.2, 0) is 16.1 Å². The van der Waals surface area contributed by atoms with Crippen molar-refractivity contribution in [2.45, 2.75) is 13.5 Å². The summed E-state index contributed by atoms with van der Waals surface area (Å²) in [6, 6.07) is 8.94. The van der Waals surface area contributed by atoms with Crippen molar-refractivity contribution >= 4 is 44.3 Å². The van der Waals surface area contributed by atoms with E-state index in [4.69, 9.17) is 4.74 Å². The first-order valence-corrected chi connectivity index (χ1v) is 8.59. The van der Waals surface area contributed by atoms with Gasteiger partial charge in [-0.2, -0.15) is 9.61 Å². The van der Waals surface area contributed by atoms with Gasteiger partial charge in [-0.05, 0) is 30.7 Å². The van der Waals surface area contributed by atoms with E-state index in [0.29, 0.717) is 15.7 Å². The van der Waals surface area contributed by atoms with Gasteiger partial charge in [-0.15, -0.1) is 0 Å². The normalized spacial score (nSPS) is 11.2. The van der Waals surface area contributed by atoms with Gasteiger partial charge < -0.3 is 4.74 Å². The molecule has 0 aliphatic rings. The largest absolute Gasteiger partial charge is 0.455 e. The van der Waals surface area contributed by atoms with E-state index in [1.54, 1.807) is 13.0 Å². The fourth-order valence-corrected chi connectivity index (χ4v) is 3.06. The molecule has 2 aromatic heterocycles. The Bertz CT molecular complexity index is 976. The van der Waals surface area contributed by atoms with Crippen LogP contribution in [0.2, 0.25) is 0 Å². The summed E-state index contributed by atoms with van der Waals surface area (Å²) in [7, 11) is 0. The van der Waals surface area contributed by atoms with Crippen molar-refractivity contribution in [3.63, 3.8) is 0 Å². The van der Waals surface area contributed by atoms with E-state index in [1.807, 2.05) is 24.3 Å². The first-order chi connectivity index (χ1) is 11.5. The third kappa shape index (κ3) is 3.95. The van der Waals surface area contributed by atoms with Crippen LogP contribution in [-0.4, -0.2) is 20.6 Å². The quantitative estimate of drug-likeness (QED) is 0.492. The third-order valence-electron chi connectivity index (χ3n) is 3.03. The first kappa shape index (κ1) is 16.5. The Morgan fingerprint density at radius 1 is 1.38 bits per heavy atom. The van der Waals surface area contributed by atoms with Gasteiger partial charge >= 0.3 is 5.97 Å². The predicted octanol–water partition coefficient (Wildman–Crippen LogP) is 2.98. The number of carbonyl (C=O) groups excluding carboxylic acids is 1. The monoisotopic (exact) mass is 405 g/mol. The molecule has 8 heteroatoms. The summed E-state index contributed by atoms with van der Waals surface area (Å²) >= 11 is 4.57. The average molecular weight is 406 g/mol. The van der Waals surface area contributed by atoms with E-state index in [1.165, 1.54) is 28.0 Å². The van der Waals surface area contributed by atoms with E-state index in [2.05, 4.69) is 26.0 Å². The Balaban J connectivity index is 1.65. The second kappa shape index (κ2) is 7.06. The molecule has 3 aromatic rings. The minimum absolute atomic E-state index is 0.00394. The van der Waals surface area contributed by atoms with Gasteiger partial charge in [0.25, 0.3) is 5.56 Å². The van der Waals surface area contributed by atoms with E-state index in [-0.39, 0.29) is 12.2 Å². The molecule has 0 aliphatic carbocycles. The maximum absolute atomic E-state index is 11.8. The molecule has 0 spiro atoms. The van der Waals surface area contributed by atoms with Gasteiger partial charge in [-0.1, -0.05) is 39.4 Å². The molecule has 0 N–H and O–H groups in total. The summed E-state index contributed by atoms with van der Waals surface area (Å²) < 4.78 is 7.32. The molecule has 24 heavy (non-hydrogen) atoms. The number of aromatic nitrogens is 3. The van der Waals surface area contributed by atoms with Gasteiger partial charge in [0.05, 0.1) is 0 Å². The van der Waals surface area contributed by atoms with Gasteiger partial charge in [0.15, 0.2) is 5.01 Å². The summed E-state index contributed by atoms with van der Waals surface area (Å²) in [6.07, 6.45) is 3.02. The molecule has 0 bridgehead atoms. The number of nitrogens with zero attached hydrogens (tertiary/aromatic N) is 3. The molecular weight excluding hydrogens is 394 g/mol. The standard InChI is InChI=1S/C16H12BrN3O3S/c1-10-8-14(21)20-16(18-10)24-13(19-20)9-23-15(22)7-4-11-2-5-12(17)6-3-11/h2-8H,9H2,1H3/b7-4+. The van der Waals surface area contributed by atoms with Crippen molar-refractivity contribution in [1.82, 2.24) is 14.6 Å². The summed E-state index contributed by atoms with van der Waals surface area (Å²) in [6.45, 7) is 1.74. The third-order valence-corrected chi connectivity index (χ3v) is 4.45. The molecule has 0 radical (unpaired) electrons. The average Bonchev–Trinajstić information content (AvgIpc) is 2.95. The highest BCUT2D eigenvalue weighted by atomic mass is 79.9. The number of carbonyl (C=O) groups is 1. The highest BCUT2D eigenvalue weighted by Crippen LogP contribution is 2.13. The van der Waals surface area contributed by atoms with E-state index >= 15 is 0 Å². The SMILES string of the molecule is Cc1cc(=O)n2nc(COC(=O)/C=C/c3ccc(Br)cc3)sc2n1. The maximum atomic E-state index is 11.8. The Kier molecular flexibility index (Phi) is 4.86. The van der Waals surface area contributed by atoms with Crippen molar-refractivity contribution in [2.24, 2.45) is 0 Å². The molecule has 0 saturated heterocycles. The molecule has 1 aromatic carbocycles. The lowest BCUT2D eigenvalue weighted by Crippen LogP contribution is -2.14. The number of benzene rings is 1. The van der Waals surface area contributed by atoms with E-state index in [0.717, 1.165) is 10.0 Å². The first-order valence-electron chi connectivity index (χ1n) is 6.98. The van der Waals surface area contributed by atoms with Gasteiger partial charge in [-0.25, -0.2) is 9.78 Å². The van der Waals surface area contributed by atoms with Crippen LogP contribution >= 0.6 is 27.3 Å². The van der Waals surface area contributed by atoms with Crippen molar-refractivity contribution in [1.29, 1.82) is 0 Å². The molecule has 0 saturated carbocycles. The number of rotatable bonds is 4. The van der Waals surface area contributed by atoms with Gasteiger partial charge in [0.1, 0.15) is 6.61 Å². The zero-order valence-corrected chi connectivity index (χ0v) is 15.0. The fraction of sp³-hybridized carbons (Fsp3) is 0.125. The smallest absolute Gasteiger partial charge is 0.331 e. The van der Waals surface area contributed by atoms with Gasteiger partial charge in [-0.3, -0.25) is 4.79 Å². The van der Waals surface area contributed by atoms with Crippen LogP contribution in [0.25, 0.3) is 11.0 Å². The topological polar surface area (TPSA) is 73.6 Å². The fourth-order valence-electron chi connectivity index (χ4n) is 1.94. The molecule has 3 rings (SSSR count). The summed E-state index contributed by atoms with van der Waals surface area (Å²) in [5, 5.41) is 4.62. The highest BCUT2D eigenvalue weighted by Gasteiger charge is 2.09. The lowest BCUT2D eigenvalue weighted by atomic mass is 10.2. The molecular formula is C16H12BrN3O3S. The second-order valence-electron chi connectivity index (χ2n) is 4.92. The van der Waals surface area contributed by atoms with Crippen LogP contribution in [0.1, 0.15) is 16.3 Å². The number of aryl methyl sites for hydroxylation is 1. The number of hydrogen-bond acceptors (Lipinski definition) is 6. The van der Waals surface area contributed by atoms with Crippen molar-refractivity contribution < 1.29 is 9.53 Å². The number of ether oxygens (including phenoxy) is 1. The van der Waals surface area contributed by atoms with Crippen LogP contribution in [0.5, 0.6) is 0 Å². The van der Waals surface area contributed by atoms with Crippen molar-refractivity contribution in [3.05, 3.63) is 67.5 Å². The van der Waals surface area contributed by atoms with Crippen molar-refractivity contribution in [3.8, 4) is 0 Å². The minimum atomic E-state index is -0.478. The Labute approximate surface area is 149 Å². The number of fused-ring (bicyclic) bond motifs is 1. The molecule has 2 heterocycles. The summed E-state index contributed by atoms with van der Waals surface area (Å²) in [5.74, 6) is -0.478. The maximum Gasteiger partial charge on any atom is 0.331 e. The van der Waals surface area contributed by atoms with Gasteiger partial charge in [0, 0.05) is 22.3 Å². The van der Waals surface area contributed by atoms with Crippen LogP contribution in [0.4, 0.5) is 0 Å². The Morgan fingerprint density at radius 2 is 2.12 bits per heavy atom. The van der Waals surface area contributed by atoms with Crippen molar-refractivity contribution in [2.75, 3.05) is 0 Å². The zero-order chi connectivity index (χ0) is 17.1. The predicted molar refractivity (Wildman–Crippen MR) is 94.8 cm³/mol. The van der Waals surface area contributed by atoms with Crippen LogP contribution in [0.15, 0.2) is 45.7 Å². The number of halogens is 1. The molecule has 122 valence electrons. The van der Waals surface area contributed by atoms with E-state index < -0.39 is 5.97 Å². The minimum Gasteiger partial charge on any atom is -0.455 e. The highest BCUT2D eigenvalue weighted by molar-refractivity contribution is 9.10. The van der Waals surface area contributed by atoms with Gasteiger partial charge in [0.2, 0.25) is 4.96 Å². The summed E-state index contributed by atoms with van der Waals surface area (Å²) in [4.78, 5) is 28.3. The van der Waals surface area contributed by atoms with Crippen LogP contribution in [0, 0.1) is 6.92 Å². The lowest BCUT2D eigenvalue weighted by Gasteiger charge is -1.97. The molecule has 6 nitrogen and oxygen atoms in total. The molecule has 0 amide bonds.